The molecule has 1 spiro atoms. The van der Waals surface area contributed by atoms with E-state index in [4.69, 9.17) is 15.2 Å². The molecule has 4 amide bonds. The Morgan fingerprint density at radius 1 is 0.869 bits per heavy atom. The van der Waals surface area contributed by atoms with Crippen molar-refractivity contribution in [3.63, 3.8) is 0 Å². The molecule has 4 heterocycles. The van der Waals surface area contributed by atoms with Crippen LogP contribution in [0, 0.1) is 17.8 Å². The van der Waals surface area contributed by atoms with E-state index in [0.29, 0.717) is 34.0 Å². The number of primary amides is 1. The van der Waals surface area contributed by atoms with Gasteiger partial charge < -0.3 is 41.2 Å². The second kappa shape index (κ2) is 16.3. The average Bonchev–Trinajstić information content (AvgIpc) is 3.94. The number of urea groups is 1. The number of rotatable bonds is 10. The molecule has 0 bridgehead atoms. The summed E-state index contributed by atoms with van der Waals surface area (Å²) in [5.74, 6) is 3.75. The number of aromatic nitrogens is 2. The maximum atomic E-state index is 15.4. The maximum Gasteiger partial charge on any atom is 0.324 e. The lowest BCUT2D eigenvalue weighted by Gasteiger charge is -2.46. The zero-order valence-electron chi connectivity index (χ0n) is 32.7. The molecular formula is C47H41N7O7. The van der Waals surface area contributed by atoms with Crippen LogP contribution in [0.3, 0.4) is 0 Å². The van der Waals surface area contributed by atoms with Crippen molar-refractivity contribution in [1.29, 1.82) is 0 Å². The quantitative estimate of drug-likeness (QED) is 0.0849. The lowest BCUT2D eigenvalue weighted by Crippen LogP contribution is -2.54. The number of nitrogens with two attached hydrogens (primary N) is 1. The van der Waals surface area contributed by atoms with E-state index in [-0.39, 0.29) is 26.3 Å². The summed E-state index contributed by atoms with van der Waals surface area (Å²) in [7, 11) is 0. The lowest BCUT2D eigenvalue weighted by atomic mass is 9.65. The highest BCUT2D eigenvalue weighted by molar-refractivity contribution is 6.12. The number of hydrogen-bond donors (Lipinski definition) is 6. The first-order valence-electron chi connectivity index (χ1n) is 19.9. The van der Waals surface area contributed by atoms with Gasteiger partial charge in [0, 0.05) is 11.3 Å². The van der Waals surface area contributed by atoms with Gasteiger partial charge in [-0.25, -0.2) is 9.78 Å². The Hall–Kier alpha value is -7.47. The highest BCUT2D eigenvalue weighted by Crippen LogP contribution is 2.65. The molecule has 0 aliphatic carbocycles. The summed E-state index contributed by atoms with van der Waals surface area (Å²) in [5, 5.41) is 18.3. The molecule has 3 aliphatic rings. The Kier molecular flexibility index (Phi) is 10.4. The number of carbonyl (C=O) groups excluding carboxylic acids is 4. The molecule has 2 fully saturated rings. The number of benzene rings is 5. The van der Waals surface area contributed by atoms with Gasteiger partial charge in [-0.05, 0) is 64.7 Å². The number of cyclic esters (lactones) is 1. The Morgan fingerprint density at radius 3 is 2.36 bits per heavy atom. The van der Waals surface area contributed by atoms with E-state index in [9.17, 15) is 9.90 Å². The van der Waals surface area contributed by atoms with Crippen LogP contribution in [0.2, 0.25) is 0 Å². The van der Waals surface area contributed by atoms with Gasteiger partial charge in [-0.2, -0.15) is 0 Å². The summed E-state index contributed by atoms with van der Waals surface area (Å²) in [4.78, 5) is 67.2. The molecule has 6 aromatic rings. The fraction of sp³-hybridized carbons (Fsp3) is 0.213. The predicted octanol–water partition coefficient (Wildman–Crippen LogP) is 4.54. The van der Waals surface area contributed by atoms with E-state index in [0.717, 1.165) is 22.2 Å². The summed E-state index contributed by atoms with van der Waals surface area (Å²) in [5.41, 5.74) is 8.50. The molecule has 14 nitrogen and oxygen atoms in total. The zero-order valence-corrected chi connectivity index (χ0v) is 32.7. The second-order valence-corrected chi connectivity index (χ2v) is 15.1. The first-order valence-corrected chi connectivity index (χ1v) is 19.9. The SMILES string of the molecule is NC(=O)NCC#Cc1ccc2c(c1)C1(C(=O)N2)C(C(=O)NCc2nc3ccccc3[nH]2)C2C(=O)OC(c3ccccc3)C(c3ccccc3)N2C1c1cccc(OCCO)c1. The molecule has 6 unspecified atom stereocenters. The highest BCUT2D eigenvalue weighted by atomic mass is 16.6. The van der Waals surface area contributed by atoms with Crippen LogP contribution >= 0.6 is 0 Å². The number of H-pyrrole nitrogens is 1. The number of imidazole rings is 1. The van der Waals surface area contributed by atoms with Gasteiger partial charge in [-0.3, -0.25) is 19.3 Å². The number of esters is 1. The molecule has 3 aliphatic heterocycles. The Labute approximate surface area is 350 Å². The molecule has 0 saturated carbocycles. The monoisotopic (exact) mass is 815 g/mol. The van der Waals surface area contributed by atoms with Crippen molar-refractivity contribution in [2.45, 2.75) is 36.2 Å². The predicted molar refractivity (Wildman–Crippen MR) is 224 cm³/mol. The Morgan fingerprint density at radius 2 is 1.61 bits per heavy atom. The number of hydrogen-bond acceptors (Lipinski definition) is 9. The third-order valence-corrected chi connectivity index (χ3v) is 11.6. The maximum absolute atomic E-state index is 15.4. The molecule has 6 atom stereocenters. The molecule has 9 rings (SSSR count). The van der Waals surface area contributed by atoms with E-state index in [1.807, 2.05) is 95.9 Å². The average molecular weight is 816 g/mol. The molecule has 61 heavy (non-hydrogen) atoms. The summed E-state index contributed by atoms with van der Waals surface area (Å²) < 4.78 is 12.4. The van der Waals surface area contributed by atoms with Crippen LogP contribution in [-0.2, 0) is 31.1 Å². The number of carbonyl (C=O) groups is 4. The molecular weight excluding hydrogens is 775 g/mol. The number of aliphatic hydroxyl groups is 1. The minimum absolute atomic E-state index is 0.0173. The number of nitrogens with one attached hydrogen (secondary N) is 4. The molecule has 306 valence electrons. The number of morpholine rings is 1. The van der Waals surface area contributed by atoms with Gasteiger partial charge in [0.2, 0.25) is 11.8 Å². The van der Waals surface area contributed by atoms with E-state index < -0.39 is 59.4 Å². The van der Waals surface area contributed by atoms with Gasteiger partial charge in [0.25, 0.3) is 0 Å². The van der Waals surface area contributed by atoms with Crippen LogP contribution in [0.5, 0.6) is 5.75 Å². The van der Waals surface area contributed by atoms with Gasteiger partial charge >= 0.3 is 12.0 Å². The topological polar surface area (TPSA) is 201 Å². The Bertz CT molecular complexity index is 2680. The van der Waals surface area contributed by atoms with Crippen LogP contribution in [0.4, 0.5) is 10.5 Å². The van der Waals surface area contributed by atoms with Gasteiger partial charge in [0.1, 0.15) is 35.7 Å². The number of anilines is 1. The van der Waals surface area contributed by atoms with Crippen molar-refractivity contribution >= 4 is 40.5 Å². The largest absolute Gasteiger partial charge is 0.491 e. The van der Waals surface area contributed by atoms with Crippen molar-refractivity contribution in [2.75, 3.05) is 25.1 Å². The van der Waals surface area contributed by atoms with E-state index in [2.05, 4.69) is 37.8 Å². The summed E-state index contributed by atoms with van der Waals surface area (Å²) in [6.45, 7) is -0.261. The van der Waals surface area contributed by atoms with Gasteiger partial charge in [-0.15, -0.1) is 0 Å². The van der Waals surface area contributed by atoms with Crippen LogP contribution in [0.25, 0.3) is 11.0 Å². The molecule has 7 N–H and O–H groups in total. The normalized spacial score (nSPS) is 22.7. The number of aromatic amines is 1. The van der Waals surface area contributed by atoms with Crippen LogP contribution in [0.1, 0.15) is 51.8 Å². The summed E-state index contributed by atoms with van der Waals surface area (Å²) in [6.07, 6.45) is -0.850. The fourth-order valence-corrected chi connectivity index (χ4v) is 9.26. The molecule has 14 heteroatoms. The summed E-state index contributed by atoms with van der Waals surface area (Å²) >= 11 is 0. The number of fused-ring (bicyclic) bond motifs is 4. The fourth-order valence-electron chi connectivity index (χ4n) is 9.26. The first-order chi connectivity index (χ1) is 29.8. The first kappa shape index (κ1) is 39.0. The van der Waals surface area contributed by atoms with Crippen molar-refractivity contribution in [3.05, 3.63) is 161 Å². The lowest BCUT2D eigenvalue weighted by molar-refractivity contribution is -0.178. The number of nitrogens with zero attached hydrogens (tertiary/aromatic N) is 2. The molecule has 5 aromatic carbocycles. The van der Waals surface area contributed by atoms with E-state index >= 15 is 14.4 Å². The van der Waals surface area contributed by atoms with Crippen molar-refractivity contribution in [1.82, 2.24) is 25.5 Å². The molecule has 1 aromatic heterocycles. The standard InChI is InChI=1S/C47H41N7O7/c48-46(59)49-22-10-11-28-20-21-34-33(25-28)47(45(58)53-34)38(43(56)50-27-37-51-35-18-7-8-19-36(35)52-37)40-44(57)61-41(30-14-5-2-6-15-30)39(29-12-3-1-4-13-29)54(40)42(47)31-16-9-17-32(26-31)60-24-23-55/h1-9,12-21,25-26,38-42,55H,22-24,27H2,(H,50,56)(H,51,52)(H,53,58)(H3,48,49,59). The summed E-state index contributed by atoms with van der Waals surface area (Å²) in [6, 6.07) is 35.2. The van der Waals surface area contributed by atoms with Gasteiger partial charge in [0.15, 0.2) is 0 Å². The number of aliphatic hydroxyl groups excluding tert-OH is 1. The highest BCUT2D eigenvalue weighted by Gasteiger charge is 2.74. The van der Waals surface area contributed by atoms with E-state index in [1.54, 1.807) is 36.4 Å². The minimum atomic E-state index is -1.78. The third-order valence-electron chi connectivity index (χ3n) is 11.6. The van der Waals surface area contributed by atoms with Crippen LogP contribution < -0.4 is 26.4 Å². The number of amides is 4. The van der Waals surface area contributed by atoms with E-state index in [1.165, 1.54) is 0 Å². The van der Waals surface area contributed by atoms with Crippen molar-refractivity contribution < 1.29 is 33.8 Å². The van der Waals surface area contributed by atoms with Crippen molar-refractivity contribution in [3.8, 4) is 17.6 Å². The Balaban J connectivity index is 1.28. The smallest absolute Gasteiger partial charge is 0.324 e. The van der Waals surface area contributed by atoms with Crippen molar-refractivity contribution in [2.24, 2.45) is 11.7 Å². The minimum Gasteiger partial charge on any atom is -0.491 e. The number of ether oxygens (including phenoxy) is 2. The zero-order chi connectivity index (χ0) is 42.1. The second-order valence-electron chi connectivity index (χ2n) is 15.1. The molecule has 0 radical (unpaired) electrons. The van der Waals surface area contributed by atoms with Gasteiger partial charge in [0.05, 0.1) is 48.7 Å². The van der Waals surface area contributed by atoms with Crippen LogP contribution in [0.15, 0.2) is 127 Å². The van der Waals surface area contributed by atoms with Gasteiger partial charge in [-0.1, -0.05) is 96.8 Å². The van der Waals surface area contributed by atoms with Crippen LogP contribution in [-0.4, -0.2) is 69.6 Å². The molecule has 2 saturated heterocycles. The third kappa shape index (κ3) is 6.99. The number of para-hydroxylation sites is 2.